The van der Waals surface area contributed by atoms with Crippen LogP contribution in [0.15, 0.2) is 42.5 Å². The number of carbonyl (C=O) groups excluding carboxylic acids is 1. The lowest BCUT2D eigenvalue weighted by Crippen LogP contribution is -2.22. The summed E-state index contributed by atoms with van der Waals surface area (Å²) in [6.07, 6.45) is 0. The Kier molecular flexibility index (Phi) is 5.40. The van der Waals surface area contributed by atoms with E-state index in [2.05, 4.69) is 5.32 Å². The van der Waals surface area contributed by atoms with Crippen molar-refractivity contribution in [2.75, 3.05) is 6.61 Å². The van der Waals surface area contributed by atoms with Gasteiger partial charge in [0.05, 0.1) is 23.3 Å². The first kappa shape index (κ1) is 15.9. The molecule has 0 aliphatic rings. The van der Waals surface area contributed by atoms with Crippen LogP contribution >= 0.6 is 11.6 Å². The van der Waals surface area contributed by atoms with Crippen molar-refractivity contribution in [3.05, 3.63) is 64.2 Å². The molecule has 112 valence electrons. The van der Waals surface area contributed by atoms with Gasteiger partial charge < -0.3 is 10.1 Å². The Morgan fingerprint density at radius 1 is 1.32 bits per heavy atom. The zero-order valence-electron chi connectivity index (χ0n) is 12.1. The monoisotopic (exact) mass is 314 g/mol. The van der Waals surface area contributed by atoms with E-state index in [1.165, 1.54) is 0 Å². The topological polar surface area (TPSA) is 62.1 Å². The van der Waals surface area contributed by atoms with E-state index in [-0.39, 0.29) is 5.91 Å². The summed E-state index contributed by atoms with van der Waals surface area (Å²) in [5.41, 5.74) is 1.78. The maximum Gasteiger partial charge on any atom is 0.251 e. The van der Waals surface area contributed by atoms with Crippen LogP contribution in [0.25, 0.3) is 0 Å². The van der Waals surface area contributed by atoms with Crippen LogP contribution in [0.3, 0.4) is 0 Å². The van der Waals surface area contributed by atoms with E-state index in [0.29, 0.717) is 35.1 Å². The highest BCUT2D eigenvalue weighted by atomic mass is 35.5. The highest BCUT2D eigenvalue weighted by molar-refractivity contribution is 6.32. The molecular weight excluding hydrogens is 300 g/mol. The predicted molar refractivity (Wildman–Crippen MR) is 84.9 cm³/mol. The summed E-state index contributed by atoms with van der Waals surface area (Å²) in [6.45, 7) is 2.78. The molecule has 0 saturated carbocycles. The number of carbonyl (C=O) groups is 1. The molecule has 0 aliphatic carbocycles. The summed E-state index contributed by atoms with van der Waals surface area (Å²) in [7, 11) is 0. The lowest BCUT2D eigenvalue weighted by Gasteiger charge is -2.09. The normalized spacial score (nSPS) is 9.86. The van der Waals surface area contributed by atoms with Crippen molar-refractivity contribution in [3.8, 4) is 11.8 Å². The number of ether oxygens (including phenoxy) is 1. The van der Waals surface area contributed by atoms with Crippen LogP contribution in [0.5, 0.6) is 5.75 Å². The van der Waals surface area contributed by atoms with Crippen LogP contribution < -0.4 is 10.1 Å². The van der Waals surface area contributed by atoms with E-state index in [1.54, 1.807) is 36.4 Å². The third-order valence-electron chi connectivity index (χ3n) is 3.00. The smallest absolute Gasteiger partial charge is 0.251 e. The van der Waals surface area contributed by atoms with Crippen molar-refractivity contribution >= 4 is 17.5 Å². The van der Waals surface area contributed by atoms with E-state index >= 15 is 0 Å². The summed E-state index contributed by atoms with van der Waals surface area (Å²) in [6, 6.07) is 14.0. The van der Waals surface area contributed by atoms with Crippen molar-refractivity contribution in [2.24, 2.45) is 0 Å². The molecular formula is C17H15ClN2O2. The third kappa shape index (κ3) is 4.00. The molecule has 2 aromatic rings. The van der Waals surface area contributed by atoms with Crippen LogP contribution in [0.4, 0.5) is 0 Å². The Morgan fingerprint density at radius 3 is 2.82 bits per heavy atom. The van der Waals surface area contributed by atoms with E-state index in [9.17, 15) is 4.79 Å². The van der Waals surface area contributed by atoms with Crippen molar-refractivity contribution in [2.45, 2.75) is 13.5 Å². The molecule has 0 aliphatic heterocycles. The molecule has 5 heteroatoms. The number of hydrogen-bond donors (Lipinski definition) is 1. The molecule has 0 bridgehead atoms. The number of rotatable bonds is 5. The summed E-state index contributed by atoms with van der Waals surface area (Å²) in [5, 5.41) is 12.2. The molecule has 0 saturated heterocycles. The number of hydrogen-bond acceptors (Lipinski definition) is 3. The van der Waals surface area contributed by atoms with Crippen molar-refractivity contribution in [1.29, 1.82) is 5.26 Å². The first-order valence-corrected chi connectivity index (χ1v) is 7.21. The highest BCUT2D eigenvalue weighted by Gasteiger charge is 2.07. The Balaban J connectivity index is 2.02. The molecule has 1 N–H and O–H groups in total. The number of halogens is 1. The van der Waals surface area contributed by atoms with Gasteiger partial charge in [0, 0.05) is 12.1 Å². The Labute approximate surface area is 134 Å². The van der Waals surface area contributed by atoms with Crippen molar-refractivity contribution < 1.29 is 9.53 Å². The molecule has 1 amide bonds. The van der Waals surface area contributed by atoms with Crippen LogP contribution in [0.2, 0.25) is 5.02 Å². The van der Waals surface area contributed by atoms with E-state index < -0.39 is 0 Å². The number of nitrogens with zero attached hydrogens (tertiary/aromatic N) is 1. The van der Waals surface area contributed by atoms with E-state index in [1.807, 2.05) is 19.1 Å². The average Bonchev–Trinajstić information content (AvgIpc) is 2.55. The zero-order chi connectivity index (χ0) is 15.9. The first-order chi connectivity index (χ1) is 10.6. The van der Waals surface area contributed by atoms with Gasteiger partial charge in [0.15, 0.2) is 0 Å². The largest absolute Gasteiger partial charge is 0.492 e. The second-order valence-corrected chi connectivity index (χ2v) is 4.98. The van der Waals surface area contributed by atoms with E-state index in [4.69, 9.17) is 21.6 Å². The van der Waals surface area contributed by atoms with Gasteiger partial charge in [-0.15, -0.1) is 0 Å². The molecule has 0 radical (unpaired) electrons. The van der Waals surface area contributed by atoms with Gasteiger partial charge in [-0.1, -0.05) is 23.7 Å². The number of benzene rings is 2. The van der Waals surface area contributed by atoms with Crippen LogP contribution in [-0.4, -0.2) is 12.5 Å². The standard InChI is InChI=1S/C17H15ClN2O2/c1-2-22-16-7-6-13(9-15(16)18)11-20-17(21)14-5-3-4-12(8-14)10-19/h3-9H,2,11H2,1H3,(H,20,21). The molecule has 22 heavy (non-hydrogen) atoms. The van der Waals surface area contributed by atoms with Crippen molar-refractivity contribution in [1.82, 2.24) is 5.32 Å². The van der Waals surface area contributed by atoms with Gasteiger partial charge >= 0.3 is 0 Å². The minimum absolute atomic E-state index is 0.234. The molecule has 0 fully saturated rings. The zero-order valence-corrected chi connectivity index (χ0v) is 12.9. The number of nitrogens with one attached hydrogen (secondary N) is 1. The molecule has 2 rings (SSSR count). The predicted octanol–water partition coefficient (Wildman–Crippen LogP) is 3.54. The Hall–Kier alpha value is -2.51. The maximum atomic E-state index is 12.1. The summed E-state index contributed by atoms with van der Waals surface area (Å²) < 4.78 is 5.36. The fourth-order valence-corrected chi connectivity index (χ4v) is 2.20. The molecule has 0 aromatic heterocycles. The minimum atomic E-state index is -0.234. The van der Waals surface area contributed by atoms with Gasteiger partial charge in [-0.2, -0.15) is 5.26 Å². The fraction of sp³-hybridized carbons (Fsp3) is 0.176. The third-order valence-corrected chi connectivity index (χ3v) is 3.30. The second-order valence-electron chi connectivity index (χ2n) is 4.57. The van der Waals surface area contributed by atoms with Crippen molar-refractivity contribution in [3.63, 3.8) is 0 Å². The highest BCUT2D eigenvalue weighted by Crippen LogP contribution is 2.25. The lowest BCUT2D eigenvalue weighted by molar-refractivity contribution is 0.0951. The molecule has 0 spiro atoms. The molecule has 0 heterocycles. The van der Waals surface area contributed by atoms with Crippen LogP contribution in [-0.2, 0) is 6.54 Å². The van der Waals surface area contributed by atoms with Gasteiger partial charge in [-0.05, 0) is 42.8 Å². The summed E-state index contributed by atoms with van der Waals surface area (Å²) in [5.74, 6) is 0.392. The summed E-state index contributed by atoms with van der Waals surface area (Å²) in [4.78, 5) is 12.1. The molecule has 2 aromatic carbocycles. The minimum Gasteiger partial charge on any atom is -0.492 e. The molecule has 4 nitrogen and oxygen atoms in total. The van der Waals surface area contributed by atoms with Gasteiger partial charge in [0.1, 0.15) is 5.75 Å². The Bertz CT molecular complexity index is 723. The van der Waals surface area contributed by atoms with Crippen LogP contribution in [0, 0.1) is 11.3 Å². The SMILES string of the molecule is CCOc1ccc(CNC(=O)c2cccc(C#N)c2)cc1Cl. The van der Waals surface area contributed by atoms with Gasteiger partial charge in [0.25, 0.3) is 5.91 Å². The quantitative estimate of drug-likeness (QED) is 0.918. The van der Waals surface area contributed by atoms with Crippen LogP contribution in [0.1, 0.15) is 28.4 Å². The first-order valence-electron chi connectivity index (χ1n) is 6.83. The average molecular weight is 315 g/mol. The van der Waals surface area contributed by atoms with Gasteiger partial charge in [-0.25, -0.2) is 0 Å². The molecule has 0 atom stereocenters. The fourth-order valence-electron chi connectivity index (χ4n) is 1.94. The summed E-state index contributed by atoms with van der Waals surface area (Å²) >= 11 is 6.11. The number of nitriles is 1. The molecule has 0 unspecified atom stereocenters. The van der Waals surface area contributed by atoms with E-state index in [0.717, 1.165) is 5.56 Å². The lowest BCUT2D eigenvalue weighted by atomic mass is 10.1. The second kappa shape index (κ2) is 7.48. The Morgan fingerprint density at radius 2 is 2.14 bits per heavy atom. The van der Waals surface area contributed by atoms with Gasteiger partial charge in [-0.3, -0.25) is 4.79 Å². The van der Waals surface area contributed by atoms with Gasteiger partial charge in [0.2, 0.25) is 0 Å². The maximum absolute atomic E-state index is 12.1. The number of amides is 1.